The number of benzene rings is 1. The molecule has 0 fully saturated rings. The summed E-state index contributed by atoms with van der Waals surface area (Å²) in [6.07, 6.45) is 3.05. The first-order valence-electron chi connectivity index (χ1n) is 5.29. The maximum absolute atomic E-state index is 13.5. The average Bonchev–Trinajstić information content (AvgIpc) is 2.32. The lowest BCUT2D eigenvalue weighted by Gasteiger charge is -2.09. The summed E-state index contributed by atoms with van der Waals surface area (Å²) in [6.45, 7) is 1.79. The zero-order valence-electron chi connectivity index (χ0n) is 9.64. The monoisotopic (exact) mass is 246 g/mol. The fraction of sp³-hybridized carbons (Fsp3) is 0.0769. The van der Waals surface area contributed by atoms with Gasteiger partial charge in [-0.25, -0.2) is 4.39 Å². The maximum atomic E-state index is 13.5. The zero-order valence-corrected chi connectivity index (χ0v) is 9.64. The van der Waals surface area contributed by atoms with Gasteiger partial charge in [-0.2, -0.15) is 0 Å². The van der Waals surface area contributed by atoms with Gasteiger partial charge in [-0.1, -0.05) is 6.07 Å². The minimum Gasteiger partial charge on any atom is -0.507 e. The molecule has 2 rings (SSSR count). The smallest absolute Gasteiger partial charge is 0.262 e. The van der Waals surface area contributed by atoms with Crippen LogP contribution in [0.4, 0.5) is 10.1 Å². The third-order valence-electron chi connectivity index (χ3n) is 2.51. The molecule has 1 heterocycles. The molecule has 0 unspecified atom stereocenters. The largest absolute Gasteiger partial charge is 0.507 e. The van der Waals surface area contributed by atoms with E-state index >= 15 is 0 Å². The Morgan fingerprint density at radius 1 is 1.39 bits per heavy atom. The summed E-state index contributed by atoms with van der Waals surface area (Å²) in [5, 5.41) is 12.0. The van der Waals surface area contributed by atoms with E-state index in [1.165, 1.54) is 18.3 Å². The van der Waals surface area contributed by atoms with Crippen LogP contribution in [0.5, 0.6) is 5.75 Å². The normalized spacial score (nSPS) is 10.1. The number of phenolic OH excluding ortho intramolecular Hbond substituents is 1. The molecule has 0 saturated heterocycles. The van der Waals surface area contributed by atoms with Gasteiger partial charge in [-0.15, -0.1) is 0 Å². The van der Waals surface area contributed by atoms with Crippen molar-refractivity contribution in [2.45, 2.75) is 6.92 Å². The highest BCUT2D eigenvalue weighted by atomic mass is 19.1. The van der Waals surface area contributed by atoms with Gasteiger partial charge in [0.05, 0.1) is 11.9 Å². The van der Waals surface area contributed by atoms with Crippen LogP contribution in [0.3, 0.4) is 0 Å². The molecule has 1 aromatic heterocycles. The van der Waals surface area contributed by atoms with E-state index in [2.05, 4.69) is 10.3 Å². The number of nitrogens with zero attached hydrogens (tertiary/aromatic N) is 1. The average molecular weight is 246 g/mol. The van der Waals surface area contributed by atoms with E-state index in [1.54, 1.807) is 19.2 Å². The van der Waals surface area contributed by atoms with Crippen LogP contribution in [-0.4, -0.2) is 16.0 Å². The third kappa shape index (κ3) is 2.29. The molecule has 2 aromatic rings. The van der Waals surface area contributed by atoms with Gasteiger partial charge >= 0.3 is 0 Å². The lowest BCUT2D eigenvalue weighted by molar-refractivity contribution is 0.102. The Hall–Kier alpha value is -2.43. The molecule has 0 saturated carbocycles. The second-order valence-corrected chi connectivity index (χ2v) is 3.78. The first kappa shape index (κ1) is 12.0. The van der Waals surface area contributed by atoms with Crippen molar-refractivity contribution in [3.05, 3.63) is 53.6 Å². The lowest BCUT2D eigenvalue weighted by atomic mass is 10.1. The molecule has 0 spiro atoms. The van der Waals surface area contributed by atoms with Crippen molar-refractivity contribution < 1.29 is 14.3 Å². The fourth-order valence-corrected chi connectivity index (χ4v) is 1.52. The molecule has 0 aliphatic rings. The van der Waals surface area contributed by atoms with Crippen molar-refractivity contribution in [1.29, 1.82) is 0 Å². The molecule has 0 aliphatic carbocycles. The molecule has 4 nitrogen and oxygen atoms in total. The summed E-state index contributed by atoms with van der Waals surface area (Å²) in [7, 11) is 0. The molecular formula is C13H11FN2O2. The highest BCUT2D eigenvalue weighted by molar-refractivity contribution is 6.06. The number of hydrogen-bond acceptors (Lipinski definition) is 3. The molecule has 1 amide bonds. The Morgan fingerprint density at radius 3 is 2.83 bits per heavy atom. The topological polar surface area (TPSA) is 62.2 Å². The van der Waals surface area contributed by atoms with E-state index in [0.717, 1.165) is 11.6 Å². The van der Waals surface area contributed by atoms with E-state index in [1.807, 2.05) is 0 Å². The van der Waals surface area contributed by atoms with Crippen LogP contribution in [-0.2, 0) is 0 Å². The third-order valence-corrected chi connectivity index (χ3v) is 2.51. The summed E-state index contributed by atoms with van der Waals surface area (Å²) in [6, 6.07) is 5.42. The number of aromatic hydroxyl groups is 1. The van der Waals surface area contributed by atoms with Gasteiger partial charge in [0.25, 0.3) is 5.91 Å². The number of phenols is 1. The summed E-state index contributed by atoms with van der Waals surface area (Å²) < 4.78 is 13.5. The highest BCUT2D eigenvalue weighted by Gasteiger charge is 2.17. The minimum atomic E-state index is -0.769. The van der Waals surface area contributed by atoms with E-state index < -0.39 is 17.5 Å². The Balaban J connectivity index is 2.31. The van der Waals surface area contributed by atoms with Crippen molar-refractivity contribution in [1.82, 2.24) is 4.98 Å². The van der Waals surface area contributed by atoms with Gasteiger partial charge in [-0.05, 0) is 30.7 Å². The number of aryl methyl sites for hydroxylation is 1. The predicted molar refractivity (Wildman–Crippen MR) is 65.0 cm³/mol. The number of carbonyl (C=O) groups is 1. The van der Waals surface area contributed by atoms with Crippen molar-refractivity contribution in [3.63, 3.8) is 0 Å². The molecule has 5 heteroatoms. The van der Waals surface area contributed by atoms with Gasteiger partial charge in [0.2, 0.25) is 0 Å². The summed E-state index contributed by atoms with van der Waals surface area (Å²) in [5.41, 5.74) is 0.903. The van der Waals surface area contributed by atoms with Gasteiger partial charge in [-0.3, -0.25) is 9.78 Å². The number of nitrogens with one attached hydrogen (secondary N) is 1. The van der Waals surface area contributed by atoms with Crippen LogP contribution in [0.1, 0.15) is 15.9 Å². The molecule has 0 aliphatic heterocycles. The highest BCUT2D eigenvalue weighted by Crippen LogP contribution is 2.22. The minimum absolute atomic E-state index is 0.374. The zero-order chi connectivity index (χ0) is 13.1. The van der Waals surface area contributed by atoms with Gasteiger partial charge in [0, 0.05) is 6.20 Å². The first-order chi connectivity index (χ1) is 8.59. The van der Waals surface area contributed by atoms with Crippen LogP contribution in [0.2, 0.25) is 0 Å². The molecule has 0 atom stereocenters. The van der Waals surface area contributed by atoms with E-state index in [4.69, 9.17) is 0 Å². The van der Waals surface area contributed by atoms with Crippen LogP contribution in [0, 0.1) is 12.7 Å². The lowest BCUT2D eigenvalue weighted by Crippen LogP contribution is -2.14. The second kappa shape index (κ2) is 4.83. The van der Waals surface area contributed by atoms with Crippen LogP contribution in [0.15, 0.2) is 36.7 Å². The van der Waals surface area contributed by atoms with Crippen molar-refractivity contribution in [2.75, 3.05) is 5.32 Å². The summed E-state index contributed by atoms with van der Waals surface area (Å²) >= 11 is 0. The quantitative estimate of drug-likeness (QED) is 0.855. The number of halogens is 1. The number of hydrogen-bond donors (Lipinski definition) is 2. The molecule has 18 heavy (non-hydrogen) atoms. The van der Waals surface area contributed by atoms with E-state index in [0.29, 0.717) is 5.69 Å². The van der Waals surface area contributed by atoms with E-state index in [9.17, 15) is 14.3 Å². The second-order valence-electron chi connectivity index (χ2n) is 3.78. The van der Waals surface area contributed by atoms with Crippen molar-refractivity contribution in [2.24, 2.45) is 0 Å². The Bertz CT molecular complexity index is 579. The fourth-order valence-electron chi connectivity index (χ4n) is 1.52. The number of anilines is 1. The Morgan fingerprint density at radius 2 is 2.17 bits per heavy atom. The van der Waals surface area contributed by atoms with Crippen molar-refractivity contribution in [3.8, 4) is 5.75 Å². The maximum Gasteiger partial charge on any atom is 0.262 e. The van der Waals surface area contributed by atoms with Gasteiger partial charge < -0.3 is 10.4 Å². The number of pyridine rings is 1. The van der Waals surface area contributed by atoms with Crippen LogP contribution >= 0.6 is 0 Å². The number of aromatic nitrogens is 1. The molecule has 0 bridgehead atoms. The molecule has 1 aromatic carbocycles. The molecule has 0 radical (unpaired) electrons. The van der Waals surface area contributed by atoms with Crippen molar-refractivity contribution >= 4 is 11.6 Å². The number of carbonyl (C=O) groups excluding carboxylic acids is 1. The van der Waals surface area contributed by atoms with Gasteiger partial charge in [0.1, 0.15) is 17.1 Å². The first-order valence-corrected chi connectivity index (χ1v) is 5.29. The Labute approximate surface area is 103 Å². The SMILES string of the molecule is Cc1ccncc1NC(=O)c1c(O)cccc1F. The van der Waals surface area contributed by atoms with Crippen LogP contribution in [0.25, 0.3) is 0 Å². The molecule has 2 N–H and O–H groups in total. The standard InChI is InChI=1S/C13H11FN2O2/c1-8-5-6-15-7-10(8)16-13(18)12-9(14)3-2-4-11(12)17/h2-7,17H,1H3,(H,16,18). The Kier molecular flexibility index (Phi) is 3.23. The van der Waals surface area contributed by atoms with E-state index in [-0.39, 0.29) is 5.56 Å². The number of rotatable bonds is 2. The molecular weight excluding hydrogens is 235 g/mol. The molecule has 92 valence electrons. The summed E-state index contributed by atoms with van der Waals surface area (Å²) in [4.78, 5) is 15.7. The van der Waals surface area contributed by atoms with Gasteiger partial charge in [0.15, 0.2) is 0 Å². The number of amides is 1. The van der Waals surface area contributed by atoms with Crippen LogP contribution < -0.4 is 5.32 Å². The predicted octanol–water partition coefficient (Wildman–Crippen LogP) is 2.49. The summed E-state index contributed by atoms with van der Waals surface area (Å²) in [5.74, 6) is -1.87.